The third kappa shape index (κ3) is 5.09. The zero-order valence-corrected chi connectivity index (χ0v) is 21.1. The maximum atomic E-state index is 13.6. The van der Waals surface area contributed by atoms with E-state index in [9.17, 15) is 14.4 Å². The molecular formula is C25H24ClN5O4S. The molecule has 9 nitrogen and oxygen atoms in total. The van der Waals surface area contributed by atoms with Gasteiger partial charge in [0.05, 0.1) is 29.3 Å². The number of rotatable bonds is 8. The maximum Gasteiger partial charge on any atom is 0.260 e. The van der Waals surface area contributed by atoms with Crippen LogP contribution in [0.5, 0.6) is 5.75 Å². The molecule has 0 bridgehead atoms. The van der Waals surface area contributed by atoms with Crippen molar-refractivity contribution in [3.63, 3.8) is 0 Å². The molecule has 3 amide bonds. The Morgan fingerprint density at radius 2 is 1.86 bits per heavy atom. The van der Waals surface area contributed by atoms with Crippen LogP contribution in [0.2, 0.25) is 0 Å². The Balaban J connectivity index is 0.00000304. The van der Waals surface area contributed by atoms with Crippen LogP contribution in [0.1, 0.15) is 29.6 Å². The van der Waals surface area contributed by atoms with Crippen molar-refractivity contribution in [1.82, 2.24) is 14.5 Å². The number of imidazole rings is 1. The van der Waals surface area contributed by atoms with Crippen molar-refractivity contribution in [3.8, 4) is 5.75 Å². The van der Waals surface area contributed by atoms with E-state index in [1.54, 1.807) is 48.8 Å². The maximum absolute atomic E-state index is 13.6. The number of imide groups is 1. The van der Waals surface area contributed by atoms with Gasteiger partial charge in [-0.3, -0.25) is 24.2 Å². The fraction of sp³-hybridized carbons (Fsp3) is 0.240. The van der Waals surface area contributed by atoms with Gasteiger partial charge in [-0.2, -0.15) is 0 Å². The van der Waals surface area contributed by atoms with Crippen LogP contribution < -0.4 is 14.5 Å². The van der Waals surface area contributed by atoms with E-state index in [1.807, 2.05) is 29.0 Å². The number of aromatic nitrogens is 3. The second-order valence-corrected chi connectivity index (χ2v) is 9.12. The number of benzene rings is 2. The number of thiazole rings is 1. The van der Waals surface area contributed by atoms with Gasteiger partial charge in [-0.25, -0.2) is 9.97 Å². The predicted octanol–water partition coefficient (Wildman–Crippen LogP) is 4.31. The fourth-order valence-corrected chi connectivity index (χ4v) is 5.04. The number of hydrogen-bond donors (Lipinski definition) is 0. The minimum absolute atomic E-state index is 0. The highest BCUT2D eigenvalue weighted by Crippen LogP contribution is 2.32. The topological polar surface area (TPSA) is 97.6 Å². The molecule has 0 unspecified atom stereocenters. The van der Waals surface area contributed by atoms with Gasteiger partial charge in [0.2, 0.25) is 11.8 Å². The molecule has 0 radical (unpaired) electrons. The molecule has 2 aromatic heterocycles. The zero-order chi connectivity index (χ0) is 24.4. The Labute approximate surface area is 217 Å². The third-order valence-electron chi connectivity index (χ3n) is 5.84. The van der Waals surface area contributed by atoms with Crippen molar-refractivity contribution in [2.75, 3.05) is 23.5 Å². The van der Waals surface area contributed by atoms with Crippen molar-refractivity contribution in [3.05, 3.63) is 66.7 Å². The van der Waals surface area contributed by atoms with Gasteiger partial charge in [-0.1, -0.05) is 11.3 Å². The van der Waals surface area contributed by atoms with E-state index in [0.29, 0.717) is 35.9 Å². The molecule has 186 valence electrons. The summed E-state index contributed by atoms with van der Waals surface area (Å²) in [5, 5.41) is 0.595. The van der Waals surface area contributed by atoms with Crippen LogP contribution in [0.3, 0.4) is 0 Å². The summed E-state index contributed by atoms with van der Waals surface area (Å²) in [6, 6.07) is 12.2. The molecule has 2 aromatic carbocycles. The number of nitrogens with zero attached hydrogens (tertiary/aromatic N) is 5. The number of anilines is 2. The van der Waals surface area contributed by atoms with Gasteiger partial charge < -0.3 is 9.30 Å². The van der Waals surface area contributed by atoms with Crippen LogP contribution >= 0.6 is 23.7 Å². The lowest BCUT2D eigenvalue weighted by atomic mass is 10.1. The molecule has 3 heterocycles. The smallest absolute Gasteiger partial charge is 0.260 e. The van der Waals surface area contributed by atoms with Gasteiger partial charge >= 0.3 is 0 Å². The second-order valence-electron chi connectivity index (χ2n) is 8.11. The van der Waals surface area contributed by atoms with Crippen molar-refractivity contribution < 1.29 is 19.1 Å². The molecule has 1 aliphatic heterocycles. The van der Waals surface area contributed by atoms with E-state index in [-0.39, 0.29) is 43.0 Å². The van der Waals surface area contributed by atoms with Crippen molar-refractivity contribution in [2.45, 2.75) is 25.8 Å². The molecule has 1 aliphatic rings. The van der Waals surface area contributed by atoms with Crippen LogP contribution in [-0.4, -0.2) is 45.9 Å². The number of fused-ring (bicyclic) bond motifs is 1. The van der Waals surface area contributed by atoms with Crippen LogP contribution in [0.4, 0.5) is 10.8 Å². The Hall–Kier alpha value is -3.76. The summed E-state index contributed by atoms with van der Waals surface area (Å²) in [4.78, 5) is 49.3. The Kier molecular flexibility index (Phi) is 7.66. The number of halogens is 1. The molecule has 0 atom stereocenters. The highest BCUT2D eigenvalue weighted by atomic mass is 35.5. The Morgan fingerprint density at radius 3 is 2.53 bits per heavy atom. The van der Waals surface area contributed by atoms with Crippen molar-refractivity contribution in [2.24, 2.45) is 0 Å². The van der Waals surface area contributed by atoms with Crippen LogP contribution in [0.15, 0.2) is 61.2 Å². The zero-order valence-electron chi connectivity index (χ0n) is 19.5. The summed E-state index contributed by atoms with van der Waals surface area (Å²) >= 11 is 1.43. The molecule has 36 heavy (non-hydrogen) atoms. The highest BCUT2D eigenvalue weighted by molar-refractivity contribution is 7.22. The van der Waals surface area contributed by atoms with Crippen LogP contribution in [-0.2, 0) is 16.1 Å². The molecule has 5 rings (SSSR count). The van der Waals surface area contributed by atoms with Gasteiger partial charge in [-0.15, -0.1) is 12.4 Å². The van der Waals surface area contributed by atoms with Crippen LogP contribution in [0.25, 0.3) is 10.2 Å². The first-order valence-electron chi connectivity index (χ1n) is 11.2. The number of hydrogen-bond acceptors (Lipinski definition) is 7. The van der Waals surface area contributed by atoms with E-state index >= 15 is 0 Å². The molecule has 0 aliphatic carbocycles. The third-order valence-corrected chi connectivity index (χ3v) is 6.88. The monoisotopic (exact) mass is 525 g/mol. The summed E-state index contributed by atoms with van der Waals surface area (Å²) in [7, 11) is 1.61. The quantitative estimate of drug-likeness (QED) is 0.318. The van der Waals surface area contributed by atoms with Gasteiger partial charge in [0.15, 0.2) is 5.13 Å². The molecule has 11 heteroatoms. The van der Waals surface area contributed by atoms with Gasteiger partial charge in [0, 0.05) is 43.9 Å². The van der Waals surface area contributed by atoms with Crippen molar-refractivity contribution in [1.29, 1.82) is 0 Å². The van der Waals surface area contributed by atoms with E-state index < -0.39 is 0 Å². The molecule has 1 fully saturated rings. The minimum Gasteiger partial charge on any atom is -0.497 e. The molecular weight excluding hydrogens is 502 g/mol. The van der Waals surface area contributed by atoms with E-state index in [4.69, 9.17) is 9.72 Å². The number of ether oxygens (including phenoxy) is 1. The van der Waals surface area contributed by atoms with E-state index in [2.05, 4.69) is 4.98 Å². The van der Waals surface area contributed by atoms with E-state index in [0.717, 1.165) is 16.0 Å². The number of carbonyl (C=O) groups is 3. The number of amides is 3. The predicted molar refractivity (Wildman–Crippen MR) is 140 cm³/mol. The Morgan fingerprint density at radius 1 is 1.11 bits per heavy atom. The van der Waals surface area contributed by atoms with Gasteiger partial charge in [0.1, 0.15) is 5.75 Å². The number of methoxy groups -OCH3 is 1. The average Bonchev–Trinajstić information content (AvgIpc) is 3.61. The summed E-state index contributed by atoms with van der Waals surface area (Å²) in [6.07, 6.45) is 6.49. The first-order valence-corrected chi connectivity index (χ1v) is 12.0. The average molecular weight is 526 g/mol. The van der Waals surface area contributed by atoms with Gasteiger partial charge in [-0.05, 0) is 48.9 Å². The van der Waals surface area contributed by atoms with Gasteiger partial charge in [0.25, 0.3) is 5.91 Å². The number of carbonyl (C=O) groups excluding carboxylic acids is 3. The molecule has 0 saturated carbocycles. The summed E-state index contributed by atoms with van der Waals surface area (Å²) in [5.41, 5.74) is 1.72. The van der Waals surface area contributed by atoms with Crippen molar-refractivity contribution >= 4 is 62.5 Å². The lowest BCUT2D eigenvalue weighted by Crippen LogP contribution is -2.32. The standard InChI is InChI=1S/C25H23N5O4S.ClH/c1-34-19-7-8-20-21(15-19)35-25(27-20)29(13-2-12-28-14-11-26-16-28)24(33)17-3-5-18(6-4-17)30-22(31)9-10-23(30)32;/h3-8,11,14-16H,2,9-10,12-13H2,1H3;1H. The summed E-state index contributed by atoms with van der Waals surface area (Å²) < 4.78 is 8.21. The van der Waals surface area contributed by atoms with E-state index in [1.165, 1.54) is 16.2 Å². The first kappa shape index (κ1) is 25.3. The lowest BCUT2D eigenvalue weighted by Gasteiger charge is -2.21. The number of aryl methyl sites for hydroxylation is 1. The molecule has 1 saturated heterocycles. The second kappa shape index (κ2) is 10.9. The minimum atomic E-state index is -0.222. The highest BCUT2D eigenvalue weighted by Gasteiger charge is 2.30. The lowest BCUT2D eigenvalue weighted by molar-refractivity contribution is -0.121. The fourth-order valence-electron chi connectivity index (χ4n) is 4.02. The Bertz CT molecular complexity index is 1370. The normalized spacial score (nSPS) is 13.2. The molecule has 0 spiro atoms. The van der Waals surface area contributed by atoms with Crippen LogP contribution in [0, 0.1) is 0 Å². The SMILES string of the molecule is COc1ccc2nc(N(CCCn3ccnc3)C(=O)c3ccc(N4C(=O)CCC4=O)cc3)sc2c1.Cl. The summed E-state index contributed by atoms with van der Waals surface area (Å²) in [5.74, 6) is 0.0831. The largest absolute Gasteiger partial charge is 0.497 e. The summed E-state index contributed by atoms with van der Waals surface area (Å²) in [6.45, 7) is 1.17. The molecule has 0 N–H and O–H groups in total. The molecule has 4 aromatic rings. The first-order chi connectivity index (χ1) is 17.0.